The summed E-state index contributed by atoms with van der Waals surface area (Å²) < 4.78 is 5.67. The lowest BCUT2D eigenvalue weighted by Gasteiger charge is -2.37. The molecule has 1 aromatic heterocycles. The molecule has 0 saturated carbocycles. The molecule has 3 unspecified atom stereocenters. The Balaban J connectivity index is 1.65. The highest BCUT2D eigenvalue weighted by molar-refractivity contribution is 7.10. The standard InChI is InChI=1S/C16H25N3O2S/c1-12-11-19(7-8-21-12)14(15-4-3-9-22-15)10-17-13-5-6-18(2)16(13)20/h3-4,9,12-14,17H,5-8,10-11H2,1-2H3. The zero-order valence-electron chi connectivity index (χ0n) is 13.3. The molecule has 1 amide bonds. The van der Waals surface area contributed by atoms with Gasteiger partial charge in [0.25, 0.3) is 0 Å². The van der Waals surface area contributed by atoms with Crippen LogP contribution in [-0.4, -0.2) is 67.7 Å². The average molecular weight is 323 g/mol. The van der Waals surface area contributed by atoms with Crippen LogP contribution in [0.15, 0.2) is 17.5 Å². The highest BCUT2D eigenvalue weighted by Crippen LogP contribution is 2.27. The number of nitrogens with zero attached hydrogens (tertiary/aromatic N) is 2. The first-order chi connectivity index (χ1) is 10.6. The lowest BCUT2D eigenvalue weighted by atomic mass is 10.1. The van der Waals surface area contributed by atoms with Crippen LogP contribution >= 0.6 is 11.3 Å². The summed E-state index contributed by atoms with van der Waals surface area (Å²) >= 11 is 1.79. The molecule has 0 spiro atoms. The fourth-order valence-electron chi connectivity index (χ4n) is 3.28. The second kappa shape index (κ2) is 7.08. The van der Waals surface area contributed by atoms with Crippen LogP contribution in [0.5, 0.6) is 0 Å². The van der Waals surface area contributed by atoms with E-state index in [2.05, 4.69) is 34.7 Å². The van der Waals surface area contributed by atoms with E-state index in [1.54, 1.807) is 11.3 Å². The molecule has 1 N–H and O–H groups in total. The first-order valence-electron chi connectivity index (χ1n) is 8.02. The van der Waals surface area contributed by atoms with Gasteiger partial charge >= 0.3 is 0 Å². The number of ether oxygens (including phenoxy) is 1. The van der Waals surface area contributed by atoms with Crippen molar-refractivity contribution >= 4 is 17.2 Å². The average Bonchev–Trinajstić information content (AvgIpc) is 3.13. The molecule has 2 aliphatic rings. The number of hydrogen-bond donors (Lipinski definition) is 1. The number of nitrogens with one attached hydrogen (secondary N) is 1. The van der Waals surface area contributed by atoms with Gasteiger partial charge in [-0.25, -0.2) is 0 Å². The fourth-order valence-corrected chi connectivity index (χ4v) is 4.15. The number of amides is 1. The van der Waals surface area contributed by atoms with Crippen LogP contribution in [-0.2, 0) is 9.53 Å². The van der Waals surface area contributed by atoms with Gasteiger partial charge in [-0.1, -0.05) is 6.07 Å². The number of likely N-dealkylation sites (N-methyl/N-ethyl adjacent to an activating group) is 1. The topological polar surface area (TPSA) is 44.8 Å². The minimum absolute atomic E-state index is 0.0223. The summed E-state index contributed by atoms with van der Waals surface area (Å²) in [5.41, 5.74) is 0. The van der Waals surface area contributed by atoms with E-state index in [-0.39, 0.29) is 18.1 Å². The normalized spacial score (nSPS) is 28.3. The zero-order chi connectivity index (χ0) is 15.5. The maximum atomic E-state index is 12.1. The van der Waals surface area contributed by atoms with E-state index in [0.29, 0.717) is 6.04 Å². The molecule has 6 heteroatoms. The van der Waals surface area contributed by atoms with E-state index in [9.17, 15) is 4.79 Å². The van der Waals surface area contributed by atoms with Gasteiger partial charge < -0.3 is 15.0 Å². The van der Waals surface area contributed by atoms with E-state index < -0.39 is 0 Å². The Morgan fingerprint density at radius 3 is 3.00 bits per heavy atom. The maximum Gasteiger partial charge on any atom is 0.239 e. The lowest BCUT2D eigenvalue weighted by molar-refractivity contribution is -0.128. The van der Waals surface area contributed by atoms with Crippen molar-refractivity contribution in [3.05, 3.63) is 22.4 Å². The molecule has 0 aromatic carbocycles. The number of hydrogen-bond acceptors (Lipinski definition) is 5. The third-order valence-corrected chi connectivity index (χ3v) is 5.54. The molecule has 3 heterocycles. The minimum atomic E-state index is -0.0223. The van der Waals surface area contributed by atoms with Crippen LogP contribution in [0.25, 0.3) is 0 Å². The largest absolute Gasteiger partial charge is 0.376 e. The molecule has 5 nitrogen and oxygen atoms in total. The molecule has 2 saturated heterocycles. The molecular formula is C16H25N3O2S. The Morgan fingerprint density at radius 2 is 2.36 bits per heavy atom. The lowest BCUT2D eigenvalue weighted by Crippen LogP contribution is -2.47. The van der Waals surface area contributed by atoms with E-state index >= 15 is 0 Å². The van der Waals surface area contributed by atoms with Gasteiger partial charge in [0.05, 0.1) is 24.8 Å². The van der Waals surface area contributed by atoms with Gasteiger partial charge in [-0.15, -0.1) is 11.3 Å². The molecule has 2 fully saturated rings. The van der Waals surface area contributed by atoms with E-state index in [1.165, 1.54) is 4.88 Å². The third-order valence-electron chi connectivity index (χ3n) is 4.57. The Labute approximate surface area is 136 Å². The van der Waals surface area contributed by atoms with Crippen molar-refractivity contribution in [1.29, 1.82) is 0 Å². The molecule has 2 aliphatic heterocycles. The number of rotatable bonds is 5. The summed E-state index contributed by atoms with van der Waals surface area (Å²) in [5.74, 6) is 0.222. The van der Waals surface area contributed by atoms with Gasteiger partial charge in [-0.2, -0.15) is 0 Å². The van der Waals surface area contributed by atoms with E-state index in [1.807, 2.05) is 11.9 Å². The van der Waals surface area contributed by atoms with Crippen molar-refractivity contribution in [2.45, 2.75) is 31.5 Å². The smallest absolute Gasteiger partial charge is 0.239 e. The van der Waals surface area contributed by atoms with Crippen LogP contribution in [0, 0.1) is 0 Å². The number of carbonyl (C=O) groups excluding carboxylic acids is 1. The first-order valence-corrected chi connectivity index (χ1v) is 8.90. The Morgan fingerprint density at radius 1 is 1.50 bits per heavy atom. The molecule has 3 atom stereocenters. The van der Waals surface area contributed by atoms with Crippen LogP contribution < -0.4 is 5.32 Å². The van der Waals surface area contributed by atoms with Gasteiger partial charge in [0.2, 0.25) is 5.91 Å². The predicted molar refractivity (Wildman–Crippen MR) is 88.1 cm³/mol. The molecule has 122 valence electrons. The van der Waals surface area contributed by atoms with Crippen molar-refractivity contribution in [2.75, 3.05) is 39.8 Å². The summed E-state index contributed by atoms with van der Waals surface area (Å²) in [6, 6.07) is 4.60. The molecule has 0 bridgehead atoms. The van der Waals surface area contributed by atoms with Crippen molar-refractivity contribution < 1.29 is 9.53 Å². The Bertz CT molecular complexity index is 494. The van der Waals surface area contributed by atoms with E-state index in [0.717, 1.165) is 39.2 Å². The van der Waals surface area contributed by atoms with Gasteiger partial charge in [-0.3, -0.25) is 9.69 Å². The quantitative estimate of drug-likeness (QED) is 0.888. The fraction of sp³-hybridized carbons (Fsp3) is 0.688. The number of morpholine rings is 1. The molecular weight excluding hydrogens is 298 g/mol. The van der Waals surface area contributed by atoms with Crippen molar-refractivity contribution in [3.63, 3.8) is 0 Å². The number of likely N-dealkylation sites (tertiary alicyclic amines) is 1. The van der Waals surface area contributed by atoms with Crippen molar-refractivity contribution in [3.8, 4) is 0 Å². The zero-order valence-corrected chi connectivity index (χ0v) is 14.1. The SMILES string of the molecule is CC1CN(C(CNC2CCN(C)C2=O)c2cccs2)CCO1. The third kappa shape index (κ3) is 3.51. The first kappa shape index (κ1) is 15.9. The van der Waals surface area contributed by atoms with E-state index in [4.69, 9.17) is 4.74 Å². The van der Waals surface area contributed by atoms with Crippen LogP contribution in [0.4, 0.5) is 0 Å². The summed E-state index contributed by atoms with van der Waals surface area (Å²) in [4.78, 5) is 17.7. The highest BCUT2D eigenvalue weighted by Gasteiger charge is 2.31. The summed E-state index contributed by atoms with van der Waals surface area (Å²) in [7, 11) is 1.88. The second-order valence-electron chi connectivity index (χ2n) is 6.22. The molecule has 1 aromatic rings. The van der Waals surface area contributed by atoms with Crippen molar-refractivity contribution in [2.24, 2.45) is 0 Å². The minimum Gasteiger partial charge on any atom is -0.376 e. The second-order valence-corrected chi connectivity index (χ2v) is 7.20. The van der Waals surface area contributed by atoms with Gasteiger partial charge in [0.1, 0.15) is 0 Å². The highest BCUT2D eigenvalue weighted by atomic mass is 32.1. The van der Waals surface area contributed by atoms with Crippen molar-refractivity contribution in [1.82, 2.24) is 15.1 Å². The summed E-state index contributed by atoms with van der Waals surface area (Å²) in [6.07, 6.45) is 1.18. The monoisotopic (exact) mass is 323 g/mol. The number of thiophene rings is 1. The van der Waals surface area contributed by atoms with Crippen LogP contribution in [0.2, 0.25) is 0 Å². The maximum absolute atomic E-state index is 12.1. The van der Waals surface area contributed by atoms with Crippen LogP contribution in [0.3, 0.4) is 0 Å². The van der Waals surface area contributed by atoms with Gasteiger partial charge in [0.15, 0.2) is 0 Å². The Kier molecular flexibility index (Phi) is 5.13. The Hall–Kier alpha value is -0.950. The van der Waals surface area contributed by atoms with Gasteiger partial charge in [-0.05, 0) is 24.8 Å². The molecule has 0 aliphatic carbocycles. The van der Waals surface area contributed by atoms with Crippen LogP contribution in [0.1, 0.15) is 24.3 Å². The molecule has 0 radical (unpaired) electrons. The summed E-state index contributed by atoms with van der Waals surface area (Å²) in [5, 5.41) is 5.62. The number of carbonyl (C=O) groups is 1. The predicted octanol–water partition coefficient (Wildman–Crippen LogP) is 1.33. The summed E-state index contributed by atoms with van der Waals surface area (Å²) in [6.45, 7) is 6.48. The molecule has 22 heavy (non-hydrogen) atoms. The molecule has 3 rings (SSSR count). The van der Waals surface area contributed by atoms with Gasteiger partial charge in [0, 0.05) is 38.1 Å².